The van der Waals surface area contributed by atoms with Crippen molar-refractivity contribution in [1.29, 1.82) is 0 Å². The van der Waals surface area contributed by atoms with Gasteiger partial charge in [0.2, 0.25) is 15.9 Å². The van der Waals surface area contributed by atoms with Crippen LogP contribution in [0.1, 0.15) is 29.8 Å². The summed E-state index contributed by atoms with van der Waals surface area (Å²) < 4.78 is 24.2. The Morgan fingerprint density at radius 1 is 1.43 bits per heavy atom. The Labute approximate surface area is 137 Å². The number of rotatable bonds is 4. The summed E-state index contributed by atoms with van der Waals surface area (Å²) in [5.74, 6) is -0.258. The van der Waals surface area contributed by atoms with Crippen LogP contribution in [0, 0.1) is 19.8 Å². The average molecular weight is 340 g/mol. The second-order valence-electron chi connectivity index (χ2n) is 6.16. The summed E-state index contributed by atoms with van der Waals surface area (Å²) in [4.78, 5) is 14.0. The Kier molecular flexibility index (Phi) is 5.26. The van der Waals surface area contributed by atoms with Crippen molar-refractivity contribution in [2.24, 2.45) is 18.1 Å². The highest BCUT2D eigenvalue weighted by Crippen LogP contribution is 2.19. The monoisotopic (exact) mass is 340 g/mol. The maximum absolute atomic E-state index is 12.3. The Bertz CT molecular complexity index is 721. The molecule has 0 spiro atoms. The lowest BCUT2D eigenvalue weighted by Gasteiger charge is -2.31. The second-order valence-corrected chi connectivity index (χ2v) is 7.82. The number of carbonyl (C=O) groups is 1. The number of nitrogens with two attached hydrogens (primary N) is 1. The van der Waals surface area contributed by atoms with Gasteiger partial charge < -0.3 is 4.90 Å². The molecule has 0 aromatic carbocycles. The van der Waals surface area contributed by atoms with E-state index < -0.39 is 10.0 Å². The number of hydrogen-bond donors (Lipinski definition) is 1. The van der Waals surface area contributed by atoms with Gasteiger partial charge in [-0.1, -0.05) is 0 Å². The van der Waals surface area contributed by atoms with Crippen molar-refractivity contribution in [2.45, 2.75) is 26.7 Å². The minimum Gasteiger partial charge on any atom is -0.339 e. The lowest BCUT2D eigenvalue weighted by Crippen LogP contribution is -2.41. The van der Waals surface area contributed by atoms with E-state index in [1.54, 1.807) is 15.7 Å². The summed E-state index contributed by atoms with van der Waals surface area (Å²) in [6.07, 6.45) is 4.90. The predicted molar refractivity (Wildman–Crippen MR) is 89.0 cm³/mol. The maximum Gasteiger partial charge on any atom is 0.246 e. The number of carbonyl (C=O) groups excluding carboxylic acids is 1. The number of hydrogen-bond acceptors (Lipinski definition) is 4. The lowest BCUT2D eigenvalue weighted by atomic mass is 10.00. The molecule has 0 unspecified atom stereocenters. The van der Waals surface area contributed by atoms with Gasteiger partial charge in [-0.3, -0.25) is 9.48 Å². The van der Waals surface area contributed by atoms with Crippen molar-refractivity contribution in [1.82, 2.24) is 14.7 Å². The van der Waals surface area contributed by atoms with Crippen LogP contribution in [0.3, 0.4) is 0 Å². The molecule has 1 aromatic rings. The first-order valence-electron chi connectivity index (χ1n) is 7.65. The van der Waals surface area contributed by atoms with Crippen LogP contribution in [-0.2, 0) is 21.9 Å². The second kappa shape index (κ2) is 6.84. The number of aryl methyl sites for hydroxylation is 2. The fourth-order valence-electron chi connectivity index (χ4n) is 3.02. The predicted octanol–water partition coefficient (Wildman–Crippen LogP) is 0.577. The molecule has 1 saturated heterocycles. The molecule has 2 heterocycles. The minimum atomic E-state index is -3.50. The van der Waals surface area contributed by atoms with E-state index in [4.69, 9.17) is 5.14 Å². The number of amides is 1. The maximum atomic E-state index is 12.3. The van der Waals surface area contributed by atoms with Crippen LogP contribution in [-0.4, -0.2) is 47.8 Å². The van der Waals surface area contributed by atoms with Crippen LogP contribution in [0.5, 0.6) is 0 Å². The minimum absolute atomic E-state index is 0.0681. The van der Waals surface area contributed by atoms with Gasteiger partial charge in [0.25, 0.3) is 0 Å². The first-order valence-corrected chi connectivity index (χ1v) is 9.36. The molecular weight excluding hydrogens is 316 g/mol. The highest BCUT2D eigenvalue weighted by Gasteiger charge is 2.25. The Morgan fingerprint density at radius 2 is 2.13 bits per heavy atom. The zero-order valence-electron chi connectivity index (χ0n) is 13.8. The zero-order valence-corrected chi connectivity index (χ0v) is 14.6. The number of likely N-dealkylation sites (tertiary alicyclic amines) is 1. The normalized spacial score (nSPS) is 19.5. The molecule has 2 rings (SSSR count). The lowest BCUT2D eigenvalue weighted by molar-refractivity contribution is -0.127. The van der Waals surface area contributed by atoms with Gasteiger partial charge in [0.1, 0.15) is 0 Å². The molecule has 1 amide bonds. The Morgan fingerprint density at radius 3 is 2.70 bits per heavy atom. The number of sulfonamides is 1. The summed E-state index contributed by atoms with van der Waals surface area (Å²) in [7, 11) is -1.64. The first kappa shape index (κ1) is 17.7. The highest BCUT2D eigenvalue weighted by atomic mass is 32.2. The molecular formula is C15H24N4O3S. The van der Waals surface area contributed by atoms with E-state index in [2.05, 4.69) is 5.10 Å². The van der Waals surface area contributed by atoms with Crippen LogP contribution in [0.4, 0.5) is 0 Å². The molecule has 0 aliphatic carbocycles. The van der Waals surface area contributed by atoms with Gasteiger partial charge in [-0.2, -0.15) is 5.10 Å². The highest BCUT2D eigenvalue weighted by molar-refractivity contribution is 7.89. The van der Waals surface area contributed by atoms with Crippen LogP contribution in [0.15, 0.2) is 6.08 Å². The molecule has 1 aliphatic heterocycles. The van der Waals surface area contributed by atoms with Crippen molar-refractivity contribution >= 4 is 22.0 Å². The summed E-state index contributed by atoms with van der Waals surface area (Å²) in [5, 5.41) is 9.42. The third-order valence-electron chi connectivity index (χ3n) is 4.26. The summed E-state index contributed by atoms with van der Waals surface area (Å²) in [6, 6.07) is 0. The average Bonchev–Trinajstić information content (AvgIpc) is 2.68. The number of aromatic nitrogens is 2. The van der Waals surface area contributed by atoms with Crippen LogP contribution >= 0.6 is 0 Å². The van der Waals surface area contributed by atoms with E-state index >= 15 is 0 Å². The molecule has 1 fully saturated rings. The largest absolute Gasteiger partial charge is 0.339 e. The van der Waals surface area contributed by atoms with E-state index in [-0.39, 0.29) is 17.6 Å². The van der Waals surface area contributed by atoms with Gasteiger partial charge in [0.15, 0.2) is 0 Å². The van der Waals surface area contributed by atoms with Crippen molar-refractivity contribution in [3.05, 3.63) is 23.0 Å². The third-order valence-corrected chi connectivity index (χ3v) is 5.19. The van der Waals surface area contributed by atoms with Gasteiger partial charge in [0, 0.05) is 37.5 Å². The van der Waals surface area contributed by atoms with E-state index in [1.165, 1.54) is 6.08 Å². The van der Waals surface area contributed by atoms with Crippen molar-refractivity contribution < 1.29 is 13.2 Å². The molecule has 2 N–H and O–H groups in total. The fraction of sp³-hybridized carbons (Fsp3) is 0.600. The van der Waals surface area contributed by atoms with E-state index in [1.807, 2.05) is 20.9 Å². The van der Waals surface area contributed by atoms with E-state index in [9.17, 15) is 13.2 Å². The molecule has 0 saturated carbocycles. The molecule has 7 nitrogen and oxygen atoms in total. The van der Waals surface area contributed by atoms with Crippen molar-refractivity contribution in [3.63, 3.8) is 0 Å². The SMILES string of the molecule is Cc1nn(C)c(C)c1/C=C\C(=O)N1CCC[C@H](CS(N)(=O)=O)C1. The zero-order chi connectivity index (χ0) is 17.2. The molecule has 0 bridgehead atoms. The van der Waals surface area contributed by atoms with Crippen LogP contribution in [0.2, 0.25) is 0 Å². The fourth-order valence-corrected chi connectivity index (χ4v) is 3.95. The summed E-state index contributed by atoms with van der Waals surface area (Å²) in [5.41, 5.74) is 2.82. The van der Waals surface area contributed by atoms with Gasteiger partial charge >= 0.3 is 0 Å². The van der Waals surface area contributed by atoms with Crippen molar-refractivity contribution in [2.75, 3.05) is 18.8 Å². The van der Waals surface area contributed by atoms with Gasteiger partial charge in [-0.25, -0.2) is 13.6 Å². The summed E-state index contributed by atoms with van der Waals surface area (Å²) in [6.45, 7) is 4.94. The van der Waals surface area contributed by atoms with Gasteiger partial charge in [-0.15, -0.1) is 0 Å². The molecule has 0 radical (unpaired) electrons. The van der Waals surface area contributed by atoms with Gasteiger partial charge in [-0.05, 0) is 38.7 Å². The van der Waals surface area contributed by atoms with Crippen molar-refractivity contribution in [3.8, 4) is 0 Å². The summed E-state index contributed by atoms with van der Waals surface area (Å²) >= 11 is 0. The molecule has 1 atom stereocenters. The topological polar surface area (TPSA) is 98.3 Å². The Balaban J connectivity index is 2.04. The van der Waals surface area contributed by atoms with Gasteiger partial charge in [0.05, 0.1) is 11.4 Å². The third kappa shape index (κ3) is 4.65. The van der Waals surface area contributed by atoms with E-state index in [0.29, 0.717) is 13.1 Å². The Hall–Kier alpha value is -1.67. The van der Waals surface area contributed by atoms with Crippen LogP contribution in [0.25, 0.3) is 6.08 Å². The first-order chi connectivity index (χ1) is 10.7. The molecule has 8 heteroatoms. The number of piperidine rings is 1. The smallest absolute Gasteiger partial charge is 0.246 e. The number of primary sulfonamides is 1. The standard InChI is InChI=1S/C15H24N4O3S/c1-11-14(12(2)18(3)17-11)6-7-15(20)19-8-4-5-13(9-19)10-23(16,21)22/h6-7,13H,4-5,8-10H2,1-3H3,(H2,16,21,22)/b7-6-/t13-/m0/s1. The molecule has 1 aliphatic rings. The quantitative estimate of drug-likeness (QED) is 0.811. The van der Waals surface area contributed by atoms with Crippen LogP contribution < -0.4 is 5.14 Å². The molecule has 23 heavy (non-hydrogen) atoms. The molecule has 1 aromatic heterocycles. The van der Waals surface area contributed by atoms with E-state index in [0.717, 1.165) is 29.8 Å². The molecule has 128 valence electrons. The number of nitrogens with zero attached hydrogens (tertiary/aromatic N) is 3.